The monoisotopic (exact) mass is 465 g/mol. The second-order valence-electron chi connectivity index (χ2n) is 6.78. The van der Waals surface area contributed by atoms with Crippen LogP contribution in [0.1, 0.15) is 32.8 Å². The molecule has 0 spiro atoms. The van der Waals surface area contributed by atoms with Gasteiger partial charge in [0.2, 0.25) is 5.88 Å². The van der Waals surface area contributed by atoms with Gasteiger partial charge < -0.3 is 9.47 Å². The van der Waals surface area contributed by atoms with Gasteiger partial charge in [-0.05, 0) is 57.0 Å². The molecule has 1 rings (SSSR count). The van der Waals surface area contributed by atoms with Crippen molar-refractivity contribution < 1.29 is 22.6 Å². The van der Waals surface area contributed by atoms with Crippen LogP contribution in [0.4, 0.5) is 13.2 Å². The van der Waals surface area contributed by atoms with Gasteiger partial charge >= 0.3 is 6.18 Å². The zero-order chi connectivity index (χ0) is 24.3. The minimum absolute atomic E-state index is 0.0384. The smallest absolute Gasteiger partial charge is 0.422 e. The predicted molar refractivity (Wildman–Crippen MR) is 128 cm³/mol. The van der Waals surface area contributed by atoms with E-state index in [0.717, 1.165) is 17.3 Å². The lowest BCUT2D eigenvalue weighted by atomic mass is 10.1. The van der Waals surface area contributed by atoms with E-state index in [0.29, 0.717) is 28.4 Å². The van der Waals surface area contributed by atoms with Crippen molar-refractivity contribution in [3.63, 3.8) is 0 Å². The largest absolute Gasteiger partial charge is 0.501 e. The van der Waals surface area contributed by atoms with Gasteiger partial charge in [-0.15, -0.1) is 0 Å². The summed E-state index contributed by atoms with van der Waals surface area (Å²) in [4.78, 5) is 4.92. The molecule has 0 heterocycles. The maximum absolute atomic E-state index is 14.2. The number of halogens is 3. The molecular formula is C25H30F3NO2S. The Morgan fingerprint density at radius 3 is 2.19 bits per heavy atom. The van der Waals surface area contributed by atoms with Crippen molar-refractivity contribution in [1.82, 2.24) is 0 Å². The van der Waals surface area contributed by atoms with Gasteiger partial charge in [-0.1, -0.05) is 55.1 Å². The lowest BCUT2D eigenvalue weighted by molar-refractivity contribution is -0.0917. The van der Waals surface area contributed by atoms with Gasteiger partial charge in [0, 0.05) is 15.5 Å². The van der Waals surface area contributed by atoms with Gasteiger partial charge in [-0.2, -0.15) is 13.2 Å². The third-order valence-corrected chi connectivity index (χ3v) is 5.40. The molecule has 0 aromatic heterocycles. The Morgan fingerprint density at radius 2 is 1.72 bits per heavy atom. The molecule has 0 radical (unpaired) electrons. The van der Waals surface area contributed by atoms with Crippen LogP contribution in [-0.4, -0.2) is 26.1 Å². The molecular weight excluding hydrogens is 435 g/mol. The van der Waals surface area contributed by atoms with Gasteiger partial charge in [-0.3, -0.25) is 0 Å². The SMILES string of the molecule is C=CC(=C\C=C(/C)OC)/C(C)=N/C(OC)=C(\C(=C\CC)Sc1ccc(C)cc1)C(F)(F)F. The summed E-state index contributed by atoms with van der Waals surface area (Å²) in [5, 5.41) is 0. The number of hydrogen-bond acceptors (Lipinski definition) is 4. The number of rotatable bonds is 10. The topological polar surface area (TPSA) is 30.8 Å². The minimum atomic E-state index is -4.67. The molecule has 0 atom stereocenters. The molecule has 0 N–H and O–H groups in total. The van der Waals surface area contributed by atoms with Crippen LogP contribution < -0.4 is 0 Å². The van der Waals surface area contributed by atoms with Crippen molar-refractivity contribution in [2.75, 3.05) is 14.2 Å². The summed E-state index contributed by atoms with van der Waals surface area (Å²) in [5.41, 5.74) is 0.986. The van der Waals surface area contributed by atoms with Crippen molar-refractivity contribution in [3.8, 4) is 0 Å². The van der Waals surface area contributed by atoms with E-state index in [4.69, 9.17) is 9.47 Å². The minimum Gasteiger partial charge on any atom is -0.501 e. The molecule has 0 saturated heterocycles. The summed E-state index contributed by atoms with van der Waals surface area (Å²) >= 11 is 1.03. The van der Waals surface area contributed by atoms with E-state index >= 15 is 0 Å². The van der Waals surface area contributed by atoms with E-state index in [-0.39, 0.29) is 4.91 Å². The summed E-state index contributed by atoms with van der Waals surface area (Å²) in [6, 6.07) is 7.31. The number of allylic oxidation sites excluding steroid dienone is 7. The Hall–Kier alpha value is -2.67. The second-order valence-corrected chi connectivity index (χ2v) is 7.89. The summed E-state index contributed by atoms with van der Waals surface area (Å²) in [6.45, 7) is 10.8. The normalized spacial score (nSPS) is 14.8. The number of aryl methyl sites for hydroxylation is 1. The molecule has 174 valence electrons. The lowest BCUT2D eigenvalue weighted by Gasteiger charge is -2.18. The fraction of sp³-hybridized carbons (Fsp3) is 0.320. The van der Waals surface area contributed by atoms with Gasteiger partial charge in [0.15, 0.2) is 0 Å². The number of thioether (sulfide) groups is 1. The molecule has 7 heteroatoms. The Morgan fingerprint density at radius 1 is 1.09 bits per heavy atom. The Bertz CT molecular complexity index is 937. The van der Waals surface area contributed by atoms with Gasteiger partial charge in [0.25, 0.3) is 0 Å². The third kappa shape index (κ3) is 8.46. The number of hydrogen-bond donors (Lipinski definition) is 0. The maximum Gasteiger partial charge on any atom is 0.422 e. The summed E-state index contributed by atoms with van der Waals surface area (Å²) in [6.07, 6.45) is 2.17. The Kier molecular flexibility index (Phi) is 11.1. The molecule has 0 bridgehead atoms. The van der Waals surface area contributed by atoms with Gasteiger partial charge in [-0.25, -0.2) is 4.99 Å². The molecule has 0 saturated carbocycles. The van der Waals surface area contributed by atoms with E-state index in [1.807, 2.05) is 19.1 Å². The fourth-order valence-corrected chi connectivity index (χ4v) is 3.59. The van der Waals surface area contributed by atoms with E-state index < -0.39 is 17.6 Å². The number of benzene rings is 1. The maximum atomic E-state index is 14.2. The molecule has 3 nitrogen and oxygen atoms in total. The Labute approximate surface area is 193 Å². The van der Waals surface area contributed by atoms with Crippen LogP contribution in [0.2, 0.25) is 0 Å². The summed E-state index contributed by atoms with van der Waals surface area (Å²) in [7, 11) is 2.72. The third-order valence-electron chi connectivity index (χ3n) is 4.30. The molecule has 0 aliphatic heterocycles. The molecule has 0 aliphatic rings. The zero-order valence-electron chi connectivity index (χ0n) is 19.3. The van der Waals surface area contributed by atoms with Crippen LogP contribution in [-0.2, 0) is 9.47 Å². The number of alkyl halides is 3. The van der Waals surface area contributed by atoms with Gasteiger partial charge in [0.05, 0.1) is 20.0 Å². The average molecular weight is 466 g/mol. The molecule has 1 aromatic rings. The average Bonchev–Trinajstić information content (AvgIpc) is 2.74. The van der Waals surface area contributed by atoms with E-state index in [2.05, 4.69) is 11.6 Å². The van der Waals surface area contributed by atoms with E-state index in [1.54, 1.807) is 45.1 Å². The van der Waals surface area contributed by atoms with Crippen LogP contribution in [0.3, 0.4) is 0 Å². The summed E-state index contributed by atoms with van der Waals surface area (Å²) in [5.74, 6) is 0.132. The van der Waals surface area contributed by atoms with Crippen LogP contribution >= 0.6 is 11.8 Å². The number of aliphatic imine (C=N–C) groups is 1. The zero-order valence-corrected chi connectivity index (χ0v) is 20.2. The molecule has 0 fully saturated rings. The van der Waals surface area contributed by atoms with Crippen LogP contribution in [0, 0.1) is 6.92 Å². The number of ether oxygens (including phenoxy) is 2. The first kappa shape index (κ1) is 27.4. The molecule has 0 amide bonds. The molecule has 0 unspecified atom stereocenters. The quantitative estimate of drug-likeness (QED) is 0.152. The van der Waals surface area contributed by atoms with Crippen molar-refractivity contribution in [1.29, 1.82) is 0 Å². The summed E-state index contributed by atoms with van der Waals surface area (Å²) < 4.78 is 52.9. The van der Waals surface area contributed by atoms with Crippen molar-refractivity contribution in [2.24, 2.45) is 4.99 Å². The van der Waals surface area contributed by atoms with Crippen LogP contribution in [0.15, 0.2) is 92.7 Å². The fourth-order valence-electron chi connectivity index (χ4n) is 2.51. The number of methoxy groups -OCH3 is 2. The van der Waals surface area contributed by atoms with E-state index in [9.17, 15) is 13.2 Å². The molecule has 1 aromatic carbocycles. The van der Waals surface area contributed by atoms with Crippen LogP contribution in [0.5, 0.6) is 0 Å². The molecule has 0 aliphatic carbocycles. The standard InChI is InChI=1S/C25H30F3NO2S/c1-8-10-22(32-21-15-11-17(3)12-16-21)23(25(26,27)28)24(31-7)29-19(5)20(9-2)14-13-18(4)30-6/h9-16H,2,8H2,1,3-7H3/b18-13+,20-14+,22-10-,24-23-,29-19+. The van der Waals surface area contributed by atoms with Crippen molar-refractivity contribution in [2.45, 2.75) is 45.2 Å². The lowest BCUT2D eigenvalue weighted by Crippen LogP contribution is -2.17. The van der Waals surface area contributed by atoms with Crippen molar-refractivity contribution >= 4 is 17.5 Å². The highest BCUT2D eigenvalue weighted by Crippen LogP contribution is 2.42. The molecule has 32 heavy (non-hydrogen) atoms. The first-order valence-corrected chi connectivity index (χ1v) is 10.8. The van der Waals surface area contributed by atoms with Crippen molar-refractivity contribution in [3.05, 3.63) is 88.4 Å². The van der Waals surface area contributed by atoms with Crippen LogP contribution in [0.25, 0.3) is 0 Å². The van der Waals surface area contributed by atoms with E-state index in [1.165, 1.54) is 26.4 Å². The first-order chi connectivity index (χ1) is 15.1. The second kappa shape index (κ2) is 13.0. The highest BCUT2D eigenvalue weighted by atomic mass is 32.2. The first-order valence-electron chi connectivity index (χ1n) is 9.98. The highest BCUT2D eigenvalue weighted by molar-refractivity contribution is 8.03. The number of nitrogens with zero attached hydrogens (tertiary/aromatic N) is 1. The Balaban J connectivity index is 3.61. The van der Waals surface area contributed by atoms with Gasteiger partial charge in [0.1, 0.15) is 5.57 Å². The predicted octanol–water partition coefficient (Wildman–Crippen LogP) is 7.92. The highest BCUT2D eigenvalue weighted by Gasteiger charge is 2.40.